The highest BCUT2D eigenvalue weighted by atomic mass is 32.2. The van der Waals surface area contributed by atoms with E-state index in [9.17, 15) is 16.8 Å². The molecule has 0 amide bonds. The maximum Gasteiger partial charge on any atom is 0.269 e. The van der Waals surface area contributed by atoms with Crippen LogP contribution in [0.4, 0.5) is 0 Å². The van der Waals surface area contributed by atoms with Crippen molar-refractivity contribution in [2.45, 2.75) is 11.7 Å². The molecular weight excluding hydrogens is 208 g/mol. The Morgan fingerprint density at radius 2 is 1.67 bits per heavy atom. The second kappa shape index (κ2) is 3.69. The van der Waals surface area contributed by atoms with Gasteiger partial charge in [0, 0.05) is 0 Å². The molecule has 8 heteroatoms. The van der Waals surface area contributed by atoms with E-state index < -0.39 is 31.9 Å². The van der Waals surface area contributed by atoms with E-state index in [2.05, 4.69) is 6.92 Å². The maximum atomic E-state index is 10.2. The van der Waals surface area contributed by atoms with Gasteiger partial charge in [-0.1, -0.05) is 0 Å². The van der Waals surface area contributed by atoms with Crippen molar-refractivity contribution >= 4 is 20.2 Å². The number of hydrogen-bond donors (Lipinski definition) is 2. The first kappa shape index (κ1) is 11.8. The smallest absolute Gasteiger partial charge is 0.269 e. The van der Waals surface area contributed by atoms with E-state index in [1.165, 1.54) is 0 Å². The minimum atomic E-state index is -4.34. The Balaban J connectivity index is 4.16. The Hall–Kier alpha value is -0.180. The molecule has 0 rings (SSSR count). The Kier molecular flexibility index (Phi) is 3.63. The summed E-state index contributed by atoms with van der Waals surface area (Å²) in [5, 5.41) is -1.49. The summed E-state index contributed by atoms with van der Waals surface area (Å²) in [5.41, 5.74) is 0. The van der Waals surface area contributed by atoms with Gasteiger partial charge in [0.15, 0.2) is 0 Å². The first-order valence-corrected chi connectivity index (χ1v) is 5.73. The van der Waals surface area contributed by atoms with Gasteiger partial charge >= 0.3 is 0 Å². The van der Waals surface area contributed by atoms with Crippen LogP contribution in [0.25, 0.3) is 0 Å². The van der Waals surface area contributed by atoms with Gasteiger partial charge in [-0.2, -0.15) is 16.8 Å². The molecule has 0 aliphatic carbocycles. The molecule has 12 heavy (non-hydrogen) atoms. The molecular formula is C4H8O6S2. The molecule has 0 aliphatic rings. The summed E-state index contributed by atoms with van der Waals surface area (Å²) < 4.78 is 57.0. The summed E-state index contributed by atoms with van der Waals surface area (Å²) in [5.74, 6) is 0.360. The van der Waals surface area contributed by atoms with E-state index in [0.29, 0.717) is 5.75 Å². The topological polar surface area (TPSA) is 109 Å². The van der Waals surface area contributed by atoms with Crippen molar-refractivity contribution in [1.82, 2.24) is 0 Å². The highest BCUT2D eigenvalue weighted by Crippen LogP contribution is 2.07. The molecule has 1 unspecified atom stereocenters. The monoisotopic (exact) mass is 216 g/mol. The average Bonchev–Trinajstić information content (AvgIpc) is 1.78. The van der Waals surface area contributed by atoms with Crippen molar-refractivity contribution in [3.63, 3.8) is 0 Å². The SMILES string of the molecule is [CH2]C(C[CH]S(=O)(=O)O)S(=O)(=O)O. The fraction of sp³-hybridized carbons (Fsp3) is 0.500. The van der Waals surface area contributed by atoms with E-state index in [-0.39, 0.29) is 0 Å². The van der Waals surface area contributed by atoms with E-state index >= 15 is 0 Å². The molecule has 0 bridgehead atoms. The third-order valence-electron chi connectivity index (χ3n) is 0.991. The van der Waals surface area contributed by atoms with E-state index in [4.69, 9.17) is 9.11 Å². The van der Waals surface area contributed by atoms with Crippen LogP contribution in [0.3, 0.4) is 0 Å². The summed E-state index contributed by atoms with van der Waals surface area (Å²) in [6, 6.07) is 0. The number of rotatable bonds is 4. The van der Waals surface area contributed by atoms with Crippen molar-refractivity contribution in [1.29, 1.82) is 0 Å². The maximum absolute atomic E-state index is 10.2. The molecule has 0 aliphatic heterocycles. The molecule has 0 aromatic heterocycles. The molecule has 0 spiro atoms. The minimum Gasteiger partial charge on any atom is -0.285 e. The fourth-order valence-electron chi connectivity index (χ4n) is 0.351. The van der Waals surface area contributed by atoms with Crippen LogP contribution in [-0.2, 0) is 20.2 Å². The first-order valence-electron chi connectivity index (χ1n) is 2.73. The van der Waals surface area contributed by atoms with E-state index in [1.54, 1.807) is 0 Å². The van der Waals surface area contributed by atoms with Gasteiger partial charge in [-0.25, -0.2) is 0 Å². The third kappa shape index (κ3) is 5.47. The number of hydrogen-bond acceptors (Lipinski definition) is 4. The Morgan fingerprint density at radius 1 is 1.25 bits per heavy atom. The molecule has 0 fully saturated rings. The summed E-state index contributed by atoms with van der Waals surface area (Å²) in [7, 11) is -8.66. The second-order valence-corrected chi connectivity index (χ2v) is 5.11. The van der Waals surface area contributed by atoms with Gasteiger partial charge in [0.25, 0.3) is 20.2 Å². The molecule has 1 atom stereocenters. The molecule has 72 valence electrons. The Bertz CT molecular complexity index is 325. The third-order valence-corrected chi connectivity index (χ3v) is 2.64. The van der Waals surface area contributed by atoms with Gasteiger partial charge in [0.1, 0.15) is 5.75 Å². The normalized spacial score (nSPS) is 15.9. The lowest BCUT2D eigenvalue weighted by Crippen LogP contribution is -2.18. The zero-order valence-corrected chi connectivity index (χ0v) is 7.55. The largest absolute Gasteiger partial charge is 0.285 e. The lowest BCUT2D eigenvalue weighted by atomic mass is 10.4. The van der Waals surface area contributed by atoms with Crippen LogP contribution in [0.5, 0.6) is 0 Å². The molecule has 0 saturated heterocycles. The molecule has 0 heterocycles. The highest BCUT2D eigenvalue weighted by Gasteiger charge is 2.20. The standard InChI is InChI=1S/C4H8O6S2/c1-4(12(8,9)10)2-3-11(5,6)7/h3-4H,1-2H2,(H,5,6,7)(H,8,9,10). The minimum absolute atomic E-state index is 0.360. The molecule has 0 aromatic carbocycles. The fourth-order valence-corrected chi connectivity index (χ4v) is 1.29. The highest BCUT2D eigenvalue weighted by molar-refractivity contribution is 7.88. The zero-order chi connectivity index (χ0) is 9.99. The molecule has 2 radical (unpaired) electrons. The van der Waals surface area contributed by atoms with Crippen molar-refractivity contribution in [3.8, 4) is 0 Å². The van der Waals surface area contributed by atoms with Crippen LogP contribution in [0.2, 0.25) is 0 Å². The zero-order valence-electron chi connectivity index (χ0n) is 5.91. The predicted octanol–water partition coefficient (Wildman–Crippen LogP) is -0.483. The Labute approximate surface area is 71.1 Å². The quantitative estimate of drug-likeness (QED) is 0.614. The lowest BCUT2D eigenvalue weighted by molar-refractivity contribution is 0.472. The summed E-state index contributed by atoms with van der Waals surface area (Å²) in [6.45, 7) is 2.97. The van der Waals surface area contributed by atoms with Gasteiger partial charge in [-0.3, -0.25) is 9.11 Å². The van der Waals surface area contributed by atoms with Gasteiger partial charge in [-0.15, -0.1) is 0 Å². The summed E-state index contributed by atoms with van der Waals surface area (Å²) in [4.78, 5) is 0. The molecule has 6 nitrogen and oxygen atoms in total. The van der Waals surface area contributed by atoms with Crippen molar-refractivity contribution in [3.05, 3.63) is 12.7 Å². The lowest BCUT2D eigenvalue weighted by Gasteiger charge is -2.04. The van der Waals surface area contributed by atoms with Crippen molar-refractivity contribution < 1.29 is 25.9 Å². The van der Waals surface area contributed by atoms with Crippen LogP contribution in [-0.4, -0.2) is 31.2 Å². The van der Waals surface area contributed by atoms with Crippen LogP contribution in [0.15, 0.2) is 0 Å². The van der Waals surface area contributed by atoms with Gasteiger partial charge in [0.2, 0.25) is 0 Å². The average molecular weight is 216 g/mol. The van der Waals surface area contributed by atoms with Gasteiger partial charge in [-0.05, 0) is 13.3 Å². The molecule has 2 N–H and O–H groups in total. The summed E-state index contributed by atoms with van der Waals surface area (Å²) in [6.07, 6.45) is -0.558. The van der Waals surface area contributed by atoms with Gasteiger partial charge < -0.3 is 0 Å². The van der Waals surface area contributed by atoms with Gasteiger partial charge in [0.05, 0.1) is 5.25 Å². The van der Waals surface area contributed by atoms with E-state index in [0.717, 1.165) is 0 Å². The van der Waals surface area contributed by atoms with E-state index in [1.807, 2.05) is 0 Å². The van der Waals surface area contributed by atoms with Crippen LogP contribution < -0.4 is 0 Å². The Morgan fingerprint density at radius 3 is 1.92 bits per heavy atom. The van der Waals surface area contributed by atoms with Crippen LogP contribution in [0, 0.1) is 12.7 Å². The van der Waals surface area contributed by atoms with Crippen molar-refractivity contribution in [2.24, 2.45) is 0 Å². The molecule has 0 saturated carbocycles. The first-order chi connectivity index (χ1) is 5.13. The second-order valence-electron chi connectivity index (χ2n) is 2.05. The van der Waals surface area contributed by atoms with Crippen LogP contribution >= 0.6 is 0 Å². The predicted molar refractivity (Wildman–Crippen MR) is 41.2 cm³/mol. The molecule has 0 aromatic rings. The summed E-state index contributed by atoms with van der Waals surface area (Å²) >= 11 is 0. The van der Waals surface area contributed by atoms with Crippen molar-refractivity contribution in [2.75, 3.05) is 0 Å². The van der Waals surface area contributed by atoms with Crippen LogP contribution in [0.1, 0.15) is 6.42 Å².